The Kier molecular flexibility index (Phi) is 3.18. The number of halogens is 1. The van der Waals surface area contributed by atoms with Crippen LogP contribution >= 0.6 is 0 Å². The Morgan fingerprint density at radius 3 is 2.52 bits per heavy atom. The number of hydrogen-bond donors (Lipinski definition) is 1. The van der Waals surface area contributed by atoms with Crippen molar-refractivity contribution >= 4 is 16.7 Å². The molecule has 0 aliphatic heterocycles. The Morgan fingerprint density at radius 2 is 1.76 bits per heavy atom. The van der Waals surface area contributed by atoms with Gasteiger partial charge in [0.15, 0.2) is 0 Å². The van der Waals surface area contributed by atoms with E-state index in [0.717, 1.165) is 21.9 Å². The van der Waals surface area contributed by atoms with Gasteiger partial charge in [-0.15, -0.1) is 0 Å². The topological polar surface area (TPSA) is 37.3 Å². The zero-order valence-electron chi connectivity index (χ0n) is 11.4. The van der Waals surface area contributed by atoms with Crippen LogP contribution in [0, 0.1) is 12.7 Å². The molecule has 0 bridgehead atoms. The minimum atomic E-state index is -1.26. The van der Waals surface area contributed by atoms with Gasteiger partial charge in [0.05, 0.1) is 5.56 Å². The molecule has 0 aromatic heterocycles. The summed E-state index contributed by atoms with van der Waals surface area (Å²) in [4.78, 5) is 11.1. The molecule has 3 heteroatoms. The number of carboxylic acids is 1. The Labute approximate surface area is 121 Å². The van der Waals surface area contributed by atoms with Gasteiger partial charge in [0, 0.05) is 5.56 Å². The minimum absolute atomic E-state index is 0.306. The molecule has 0 saturated carbocycles. The van der Waals surface area contributed by atoms with Crippen LogP contribution in [0.4, 0.5) is 4.39 Å². The van der Waals surface area contributed by atoms with Crippen molar-refractivity contribution in [1.82, 2.24) is 0 Å². The molecule has 0 spiro atoms. The van der Waals surface area contributed by atoms with Crippen molar-refractivity contribution in [2.24, 2.45) is 0 Å². The molecule has 0 fully saturated rings. The Bertz CT molecular complexity index is 853. The van der Waals surface area contributed by atoms with Crippen molar-refractivity contribution < 1.29 is 14.3 Å². The van der Waals surface area contributed by atoms with Crippen molar-refractivity contribution in [1.29, 1.82) is 0 Å². The van der Waals surface area contributed by atoms with Crippen molar-refractivity contribution in [3.8, 4) is 11.1 Å². The molecule has 0 unspecified atom stereocenters. The van der Waals surface area contributed by atoms with Crippen LogP contribution in [-0.2, 0) is 0 Å². The summed E-state index contributed by atoms with van der Waals surface area (Å²) in [6, 6.07) is 16.1. The van der Waals surface area contributed by atoms with Gasteiger partial charge in [-0.25, -0.2) is 9.18 Å². The molecule has 0 amide bonds. The van der Waals surface area contributed by atoms with Gasteiger partial charge in [-0.3, -0.25) is 0 Å². The average molecular weight is 280 g/mol. The fraction of sp³-hybridized carbons (Fsp3) is 0.0556. The maximum absolute atomic E-state index is 14.5. The number of fused-ring (bicyclic) bond motifs is 1. The number of aromatic carboxylic acids is 1. The molecule has 0 atom stereocenters. The van der Waals surface area contributed by atoms with Crippen molar-refractivity contribution in [3.63, 3.8) is 0 Å². The van der Waals surface area contributed by atoms with E-state index in [2.05, 4.69) is 0 Å². The summed E-state index contributed by atoms with van der Waals surface area (Å²) in [6.45, 7) is 1.90. The largest absolute Gasteiger partial charge is 0.478 e. The fourth-order valence-corrected chi connectivity index (χ4v) is 2.63. The molecule has 0 radical (unpaired) electrons. The molecule has 0 aliphatic rings. The number of carboxylic acid groups (broad SMARTS) is 1. The van der Waals surface area contributed by atoms with Gasteiger partial charge in [0.2, 0.25) is 0 Å². The molecular weight excluding hydrogens is 267 g/mol. The molecule has 3 rings (SSSR count). The van der Waals surface area contributed by atoms with Gasteiger partial charge >= 0.3 is 5.97 Å². The third kappa shape index (κ3) is 2.17. The van der Waals surface area contributed by atoms with E-state index in [-0.39, 0.29) is 5.56 Å². The van der Waals surface area contributed by atoms with E-state index in [4.69, 9.17) is 5.11 Å². The number of carbonyl (C=O) groups is 1. The molecule has 21 heavy (non-hydrogen) atoms. The van der Waals surface area contributed by atoms with E-state index < -0.39 is 11.8 Å². The van der Waals surface area contributed by atoms with Crippen molar-refractivity contribution in [2.45, 2.75) is 6.92 Å². The van der Waals surface area contributed by atoms with Crippen LogP contribution in [0.5, 0.6) is 0 Å². The lowest BCUT2D eigenvalue weighted by Gasteiger charge is -2.12. The predicted molar refractivity (Wildman–Crippen MR) is 81.0 cm³/mol. The average Bonchev–Trinajstić information content (AvgIpc) is 2.48. The van der Waals surface area contributed by atoms with Gasteiger partial charge < -0.3 is 5.11 Å². The van der Waals surface area contributed by atoms with Crippen LogP contribution in [0.3, 0.4) is 0 Å². The summed E-state index contributed by atoms with van der Waals surface area (Å²) in [5.41, 5.74) is 1.67. The highest BCUT2D eigenvalue weighted by molar-refractivity contribution is 6.00. The monoisotopic (exact) mass is 280 g/mol. The van der Waals surface area contributed by atoms with Crippen LogP contribution in [0.1, 0.15) is 15.9 Å². The Balaban J connectivity index is 2.38. The van der Waals surface area contributed by atoms with E-state index in [0.29, 0.717) is 5.56 Å². The normalized spacial score (nSPS) is 10.8. The molecule has 0 heterocycles. The summed E-state index contributed by atoms with van der Waals surface area (Å²) >= 11 is 0. The van der Waals surface area contributed by atoms with Gasteiger partial charge in [-0.2, -0.15) is 0 Å². The lowest BCUT2D eigenvalue weighted by atomic mass is 9.92. The maximum Gasteiger partial charge on any atom is 0.338 e. The van der Waals surface area contributed by atoms with Gasteiger partial charge in [-0.1, -0.05) is 48.5 Å². The SMILES string of the molecule is Cc1ccc2ccccc2c1-c1cccc(C(=O)O)c1F. The number of aryl methyl sites for hydroxylation is 1. The van der Waals surface area contributed by atoms with Crippen molar-refractivity contribution in [2.75, 3.05) is 0 Å². The Morgan fingerprint density at radius 1 is 1.00 bits per heavy atom. The molecule has 3 aromatic carbocycles. The first kappa shape index (κ1) is 13.3. The third-order valence-electron chi connectivity index (χ3n) is 3.64. The number of rotatable bonds is 2. The first-order valence-electron chi connectivity index (χ1n) is 6.60. The van der Waals surface area contributed by atoms with E-state index in [1.54, 1.807) is 12.1 Å². The van der Waals surface area contributed by atoms with Crippen molar-refractivity contribution in [3.05, 3.63) is 71.5 Å². The lowest BCUT2D eigenvalue weighted by Crippen LogP contribution is -2.02. The molecule has 1 N–H and O–H groups in total. The van der Waals surface area contributed by atoms with E-state index >= 15 is 0 Å². The first-order chi connectivity index (χ1) is 10.1. The summed E-state index contributed by atoms with van der Waals surface area (Å²) < 4.78 is 14.5. The van der Waals surface area contributed by atoms with E-state index in [1.807, 2.05) is 43.3 Å². The predicted octanol–water partition coefficient (Wildman–Crippen LogP) is 4.65. The number of hydrogen-bond acceptors (Lipinski definition) is 1. The summed E-state index contributed by atoms with van der Waals surface area (Å²) in [5.74, 6) is -1.95. The first-order valence-corrected chi connectivity index (χ1v) is 6.60. The van der Waals surface area contributed by atoms with E-state index in [1.165, 1.54) is 6.07 Å². The zero-order valence-corrected chi connectivity index (χ0v) is 11.4. The summed E-state index contributed by atoms with van der Waals surface area (Å²) in [6.07, 6.45) is 0. The molecule has 0 saturated heterocycles. The second-order valence-corrected chi connectivity index (χ2v) is 4.95. The standard InChI is InChI=1S/C18H13FO2/c1-11-9-10-12-5-2-3-6-13(12)16(11)14-7-4-8-15(17(14)19)18(20)21/h2-10H,1H3,(H,20,21). The van der Waals surface area contributed by atoms with Crippen LogP contribution in [0.25, 0.3) is 21.9 Å². The Hall–Kier alpha value is -2.68. The highest BCUT2D eigenvalue weighted by Gasteiger charge is 2.17. The van der Waals surface area contributed by atoms with Crippen LogP contribution in [0.2, 0.25) is 0 Å². The van der Waals surface area contributed by atoms with Gasteiger partial charge in [0.1, 0.15) is 5.82 Å². The second-order valence-electron chi connectivity index (χ2n) is 4.95. The second kappa shape index (κ2) is 5.02. The lowest BCUT2D eigenvalue weighted by molar-refractivity contribution is 0.0692. The fourth-order valence-electron chi connectivity index (χ4n) is 2.63. The van der Waals surface area contributed by atoms with E-state index in [9.17, 15) is 9.18 Å². The smallest absolute Gasteiger partial charge is 0.338 e. The minimum Gasteiger partial charge on any atom is -0.478 e. The molecule has 3 aromatic rings. The number of benzene rings is 3. The molecule has 0 aliphatic carbocycles. The maximum atomic E-state index is 14.5. The zero-order chi connectivity index (χ0) is 15.0. The third-order valence-corrected chi connectivity index (χ3v) is 3.64. The van der Waals surface area contributed by atoms with Crippen LogP contribution < -0.4 is 0 Å². The van der Waals surface area contributed by atoms with Crippen LogP contribution in [0.15, 0.2) is 54.6 Å². The quantitative estimate of drug-likeness (QED) is 0.741. The molecular formula is C18H13FO2. The van der Waals surface area contributed by atoms with Gasteiger partial charge in [-0.05, 0) is 34.9 Å². The molecule has 2 nitrogen and oxygen atoms in total. The highest BCUT2D eigenvalue weighted by Crippen LogP contribution is 2.34. The van der Waals surface area contributed by atoms with Gasteiger partial charge in [0.25, 0.3) is 0 Å². The van der Waals surface area contributed by atoms with Crippen LogP contribution in [-0.4, -0.2) is 11.1 Å². The summed E-state index contributed by atoms with van der Waals surface area (Å²) in [7, 11) is 0. The summed E-state index contributed by atoms with van der Waals surface area (Å²) in [5, 5.41) is 11.0. The highest BCUT2D eigenvalue weighted by atomic mass is 19.1. The molecule has 104 valence electrons.